The van der Waals surface area contributed by atoms with E-state index in [2.05, 4.69) is 0 Å². The molecule has 0 aromatic heterocycles. The van der Waals surface area contributed by atoms with E-state index in [1.165, 1.54) is 0 Å². The molecule has 16 nitrogen and oxygen atoms in total. The lowest BCUT2D eigenvalue weighted by Crippen LogP contribution is -2.68. The minimum atomic E-state index is -1.97. The van der Waals surface area contributed by atoms with E-state index in [1.54, 1.807) is 0 Å². The fourth-order valence-corrected chi connectivity index (χ4v) is 4.16. The molecule has 0 aromatic carbocycles. The van der Waals surface area contributed by atoms with Gasteiger partial charge in [0.2, 0.25) is 0 Å². The maximum Gasteiger partial charge on any atom is 0.187 e. The Hall–Kier alpha value is -0.640. The molecule has 1 aliphatic carbocycles. The van der Waals surface area contributed by atoms with Gasteiger partial charge in [0.15, 0.2) is 12.6 Å². The lowest BCUT2D eigenvalue weighted by Gasteiger charge is -2.48. The molecule has 0 spiro atoms. The minimum Gasteiger partial charge on any atom is -0.394 e. The Morgan fingerprint density at radius 1 is 0.412 bits per heavy atom. The zero-order valence-electron chi connectivity index (χ0n) is 17.7. The molecule has 0 aromatic rings. The van der Waals surface area contributed by atoms with Crippen molar-refractivity contribution in [3.05, 3.63) is 0 Å². The van der Waals surface area contributed by atoms with E-state index in [0.29, 0.717) is 0 Å². The van der Waals surface area contributed by atoms with Crippen LogP contribution in [0.15, 0.2) is 0 Å². The number of rotatable bonds is 6. The first kappa shape index (κ1) is 27.9. The molecule has 3 fully saturated rings. The van der Waals surface area contributed by atoms with E-state index >= 15 is 0 Å². The van der Waals surface area contributed by atoms with E-state index in [1.807, 2.05) is 0 Å². The van der Waals surface area contributed by atoms with Gasteiger partial charge in [0, 0.05) is 0 Å². The molecule has 16 atom stereocenters. The summed E-state index contributed by atoms with van der Waals surface area (Å²) in [5.74, 6) is 0. The van der Waals surface area contributed by atoms with Crippen LogP contribution >= 0.6 is 0 Å². The molecule has 2 saturated heterocycles. The van der Waals surface area contributed by atoms with E-state index in [9.17, 15) is 61.3 Å². The number of hydrogen-bond donors (Lipinski definition) is 12. The maximum atomic E-state index is 10.6. The Morgan fingerprint density at radius 3 is 1.26 bits per heavy atom. The number of aliphatic hydroxyl groups is 12. The lowest BCUT2D eigenvalue weighted by atomic mass is 9.84. The molecule has 0 amide bonds. The van der Waals surface area contributed by atoms with Crippen molar-refractivity contribution in [2.24, 2.45) is 0 Å². The Kier molecular flexibility index (Phi) is 9.18. The van der Waals surface area contributed by atoms with E-state index in [4.69, 9.17) is 18.9 Å². The topological polar surface area (TPSA) is 280 Å². The van der Waals surface area contributed by atoms with Crippen molar-refractivity contribution in [1.82, 2.24) is 0 Å². The van der Waals surface area contributed by atoms with Crippen molar-refractivity contribution in [2.45, 2.75) is 98.0 Å². The predicted octanol–water partition coefficient (Wildman–Crippen LogP) is -8.19. The van der Waals surface area contributed by atoms with Gasteiger partial charge < -0.3 is 80.2 Å². The lowest BCUT2D eigenvalue weighted by molar-refractivity contribution is -0.381. The monoisotopic (exact) mass is 504 g/mol. The van der Waals surface area contributed by atoms with Crippen molar-refractivity contribution < 1.29 is 80.2 Å². The van der Waals surface area contributed by atoms with Crippen LogP contribution in [0.5, 0.6) is 0 Å². The van der Waals surface area contributed by atoms with E-state index < -0.39 is 111 Å². The molecule has 0 radical (unpaired) electrons. The Bertz CT molecular complexity index is 637. The Labute approximate surface area is 192 Å². The van der Waals surface area contributed by atoms with Crippen LogP contribution in [0.3, 0.4) is 0 Å². The highest BCUT2D eigenvalue weighted by atomic mass is 16.8. The zero-order valence-corrected chi connectivity index (χ0v) is 17.7. The average Bonchev–Trinajstić information content (AvgIpc) is 2.83. The van der Waals surface area contributed by atoms with Crippen LogP contribution in [0.2, 0.25) is 0 Å². The van der Waals surface area contributed by atoms with Crippen molar-refractivity contribution in [3.8, 4) is 0 Å². The second kappa shape index (κ2) is 11.2. The highest BCUT2D eigenvalue weighted by Gasteiger charge is 2.54. The zero-order chi connectivity index (χ0) is 25.5. The van der Waals surface area contributed by atoms with Crippen molar-refractivity contribution >= 4 is 0 Å². The van der Waals surface area contributed by atoms with Gasteiger partial charge in [-0.1, -0.05) is 0 Å². The van der Waals surface area contributed by atoms with Gasteiger partial charge in [-0.3, -0.25) is 0 Å². The summed E-state index contributed by atoms with van der Waals surface area (Å²) in [6.45, 7) is -1.62. The summed E-state index contributed by atoms with van der Waals surface area (Å²) in [7, 11) is 0. The first-order valence-corrected chi connectivity index (χ1v) is 10.6. The fourth-order valence-electron chi connectivity index (χ4n) is 4.16. The quantitative estimate of drug-likeness (QED) is 0.160. The summed E-state index contributed by atoms with van der Waals surface area (Å²) in [5.41, 5.74) is 0. The highest BCUT2D eigenvalue weighted by molar-refractivity contribution is 5.01. The summed E-state index contributed by atoms with van der Waals surface area (Å²) >= 11 is 0. The van der Waals surface area contributed by atoms with Gasteiger partial charge in [-0.2, -0.15) is 0 Å². The molecule has 16 heteroatoms. The van der Waals surface area contributed by atoms with Crippen molar-refractivity contribution in [3.63, 3.8) is 0 Å². The number of hydrogen-bond acceptors (Lipinski definition) is 16. The molecule has 2 heterocycles. The molecule has 3 aliphatic rings. The second-order valence-corrected chi connectivity index (χ2v) is 8.56. The summed E-state index contributed by atoms with van der Waals surface area (Å²) in [4.78, 5) is 0. The summed E-state index contributed by atoms with van der Waals surface area (Å²) in [6.07, 6.45) is -29.1. The molecular weight excluding hydrogens is 472 g/mol. The molecule has 200 valence electrons. The van der Waals surface area contributed by atoms with Gasteiger partial charge >= 0.3 is 0 Å². The predicted molar refractivity (Wildman–Crippen MR) is 101 cm³/mol. The first-order valence-electron chi connectivity index (χ1n) is 10.6. The Balaban J connectivity index is 1.84. The molecule has 2 aliphatic heterocycles. The van der Waals surface area contributed by atoms with Gasteiger partial charge in [0.1, 0.15) is 85.5 Å². The molecule has 2 unspecified atom stereocenters. The maximum absolute atomic E-state index is 10.6. The standard InChI is InChI=1S/C18H32O16/c19-1-3-5(21)7(23)14(30)17(31-3)34-16-11(27)6(22)4(2-20)32-18(16)33-15-12(28)9(25)8(24)10(26)13(15)29/h3-30H,1-2H2/t3-,4-,5-,6-,7+,8?,9-,10+,11+,12-,13-,14-,15?,16-,17-,18-/m1/s1. The van der Waals surface area contributed by atoms with E-state index in [-0.39, 0.29) is 0 Å². The molecule has 0 bridgehead atoms. The van der Waals surface area contributed by atoms with Crippen LogP contribution < -0.4 is 0 Å². The van der Waals surface area contributed by atoms with Crippen LogP contribution in [-0.4, -0.2) is 173 Å². The van der Waals surface area contributed by atoms with Crippen LogP contribution in [-0.2, 0) is 18.9 Å². The third-order valence-electron chi connectivity index (χ3n) is 6.33. The second-order valence-electron chi connectivity index (χ2n) is 8.56. The third-order valence-corrected chi connectivity index (χ3v) is 6.33. The fraction of sp³-hybridized carbons (Fsp3) is 1.00. The van der Waals surface area contributed by atoms with Gasteiger partial charge in [0.05, 0.1) is 13.2 Å². The van der Waals surface area contributed by atoms with E-state index in [0.717, 1.165) is 0 Å². The van der Waals surface area contributed by atoms with Crippen LogP contribution in [0.4, 0.5) is 0 Å². The van der Waals surface area contributed by atoms with Gasteiger partial charge in [-0.05, 0) is 0 Å². The highest BCUT2D eigenvalue weighted by Crippen LogP contribution is 2.32. The summed E-state index contributed by atoms with van der Waals surface area (Å²) in [5, 5.41) is 120. The summed E-state index contributed by atoms with van der Waals surface area (Å²) in [6, 6.07) is 0. The Morgan fingerprint density at radius 2 is 0.765 bits per heavy atom. The summed E-state index contributed by atoms with van der Waals surface area (Å²) < 4.78 is 21.4. The van der Waals surface area contributed by atoms with Gasteiger partial charge in [-0.25, -0.2) is 0 Å². The van der Waals surface area contributed by atoms with Gasteiger partial charge in [0.25, 0.3) is 0 Å². The molecule has 34 heavy (non-hydrogen) atoms. The SMILES string of the molecule is OC[C@H]1O[C@H](O[C@H]2[C@@H](OC3[C@H](O)[C@H](O)C(O)[C@H](O)[C@H]3O)O[C@H](CO)[C@@H](O)[C@@H]2O)[C@H](O)[C@@H](O)[C@@H]1O. The van der Waals surface area contributed by atoms with Crippen LogP contribution in [0.25, 0.3) is 0 Å². The third kappa shape index (κ3) is 5.09. The van der Waals surface area contributed by atoms with Crippen molar-refractivity contribution in [1.29, 1.82) is 0 Å². The van der Waals surface area contributed by atoms with Crippen LogP contribution in [0.1, 0.15) is 0 Å². The number of aliphatic hydroxyl groups excluding tert-OH is 12. The van der Waals surface area contributed by atoms with Gasteiger partial charge in [-0.15, -0.1) is 0 Å². The smallest absolute Gasteiger partial charge is 0.187 e. The largest absolute Gasteiger partial charge is 0.394 e. The minimum absolute atomic E-state index is 0.789. The normalized spacial score (nSPS) is 54.7. The number of ether oxygens (including phenoxy) is 4. The van der Waals surface area contributed by atoms with Crippen LogP contribution in [0, 0.1) is 0 Å². The molecule has 3 rings (SSSR count). The van der Waals surface area contributed by atoms with Crippen molar-refractivity contribution in [2.75, 3.05) is 13.2 Å². The average molecular weight is 504 g/mol. The molecule has 12 N–H and O–H groups in total. The molecule has 1 saturated carbocycles. The first-order chi connectivity index (χ1) is 15.9. The molecular formula is C18H32O16.